The molecule has 0 saturated heterocycles. The average Bonchev–Trinajstić information content (AvgIpc) is 2.90. The Morgan fingerprint density at radius 2 is 1.24 bits per heavy atom. The van der Waals surface area contributed by atoms with E-state index >= 15 is 0 Å². The number of thiocarbonyl (C=S) groups is 1. The van der Waals surface area contributed by atoms with E-state index in [1.54, 1.807) is 12.1 Å². The molecule has 0 fully saturated rings. The highest BCUT2D eigenvalue weighted by atomic mass is 32.1. The number of hydrogen-bond donors (Lipinski definition) is 3. The molecule has 3 N–H and O–H groups in total. The zero-order valence-electron chi connectivity index (χ0n) is 19.8. The third-order valence-corrected chi connectivity index (χ3v) is 5.80. The minimum absolute atomic E-state index is 0.0128. The van der Waals surface area contributed by atoms with Gasteiger partial charge in [0.2, 0.25) is 5.91 Å². The molecule has 5 nitrogen and oxygen atoms in total. The Labute approximate surface area is 222 Å². The van der Waals surface area contributed by atoms with E-state index in [-0.39, 0.29) is 22.3 Å². The van der Waals surface area contributed by atoms with E-state index in [0.29, 0.717) is 5.69 Å². The second-order valence-corrected chi connectivity index (χ2v) is 8.72. The van der Waals surface area contributed by atoms with E-state index in [4.69, 9.17) is 12.2 Å². The quantitative estimate of drug-likeness (QED) is 0.244. The molecular weight excluding hydrogens is 511 g/mol. The van der Waals surface area contributed by atoms with Crippen LogP contribution >= 0.6 is 12.2 Å². The zero-order valence-corrected chi connectivity index (χ0v) is 20.6. The van der Waals surface area contributed by atoms with Crippen molar-refractivity contribution in [3.8, 4) is 0 Å². The molecule has 0 radical (unpaired) electrons. The Kier molecular flexibility index (Phi) is 8.18. The van der Waals surface area contributed by atoms with Gasteiger partial charge in [-0.25, -0.2) is 0 Å². The third-order valence-electron chi connectivity index (χ3n) is 5.60. The summed E-state index contributed by atoms with van der Waals surface area (Å²) in [5.74, 6) is -1.53. The molecule has 0 aliphatic rings. The molecule has 4 aromatic rings. The van der Waals surface area contributed by atoms with Crippen molar-refractivity contribution < 1.29 is 22.8 Å². The summed E-state index contributed by atoms with van der Waals surface area (Å²) in [5.41, 5.74) is 1.35. The van der Waals surface area contributed by atoms with E-state index in [2.05, 4.69) is 16.0 Å². The first-order chi connectivity index (χ1) is 18.2. The first-order valence-corrected chi connectivity index (χ1v) is 11.9. The number of hydrogen-bond acceptors (Lipinski definition) is 3. The van der Waals surface area contributed by atoms with Gasteiger partial charge >= 0.3 is 6.18 Å². The number of rotatable bonds is 6. The molecule has 0 bridgehead atoms. The molecule has 0 aromatic heterocycles. The fourth-order valence-corrected chi connectivity index (χ4v) is 4.07. The minimum Gasteiger partial charge on any atom is -0.332 e. The summed E-state index contributed by atoms with van der Waals surface area (Å²) in [4.78, 5) is 25.9. The van der Waals surface area contributed by atoms with E-state index < -0.39 is 23.6 Å². The van der Waals surface area contributed by atoms with E-state index in [9.17, 15) is 22.8 Å². The third kappa shape index (κ3) is 6.83. The highest BCUT2D eigenvalue weighted by Gasteiger charge is 2.30. The van der Waals surface area contributed by atoms with Crippen molar-refractivity contribution in [1.82, 2.24) is 5.32 Å². The van der Waals surface area contributed by atoms with Crippen molar-refractivity contribution >= 4 is 40.5 Å². The normalized spacial score (nSPS) is 11.1. The molecule has 192 valence electrons. The van der Waals surface area contributed by atoms with Gasteiger partial charge in [0.15, 0.2) is 5.11 Å². The van der Waals surface area contributed by atoms with Gasteiger partial charge in [-0.2, -0.15) is 13.2 Å². The van der Waals surface area contributed by atoms with Gasteiger partial charge < -0.3 is 16.0 Å². The Balaban J connectivity index is 1.44. The molecule has 0 aliphatic heterocycles. The van der Waals surface area contributed by atoms with Crippen LogP contribution in [-0.4, -0.2) is 16.9 Å². The molecular formula is C29H22F3N3O2S. The Hall–Kier alpha value is -4.50. The second-order valence-electron chi connectivity index (χ2n) is 8.31. The molecule has 0 unspecified atom stereocenters. The molecule has 0 atom stereocenters. The van der Waals surface area contributed by atoms with Crippen molar-refractivity contribution in [3.05, 3.63) is 131 Å². The fourth-order valence-electron chi connectivity index (χ4n) is 3.85. The van der Waals surface area contributed by atoms with Crippen LogP contribution in [-0.2, 0) is 11.0 Å². The molecule has 0 spiro atoms. The van der Waals surface area contributed by atoms with Gasteiger partial charge in [-0.3, -0.25) is 9.59 Å². The number of anilines is 2. The second kappa shape index (κ2) is 11.7. The van der Waals surface area contributed by atoms with Crippen LogP contribution < -0.4 is 16.0 Å². The number of benzene rings is 4. The molecule has 0 heterocycles. The predicted octanol–water partition coefficient (Wildman–Crippen LogP) is 6.60. The average molecular weight is 534 g/mol. The summed E-state index contributed by atoms with van der Waals surface area (Å²) in [7, 11) is 0. The van der Waals surface area contributed by atoms with Gasteiger partial charge in [-0.05, 0) is 59.7 Å². The van der Waals surface area contributed by atoms with Crippen molar-refractivity contribution in [1.29, 1.82) is 0 Å². The summed E-state index contributed by atoms with van der Waals surface area (Å²) >= 11 is 5.34. The van der Waals surface area contributed by atoms with Crippen molar-refractivity contribution in [2.45, 2.75) is 12.1 Å². The van der Waals surface area contributed by atoms with E-state index in [0.717, 1.165) is 23.3 Å². The maximum atomic E-state index is 13.2. The summed E-state index contributed by atoms with van der Waals surface area (Å²) in [5, 5.41) is 8.09. The first-order valence-electron chi connectivity index (χ1n) is 11.5. The number of nitrogens with one attached hydrogen (secondary N) is 3. The van der Waals surface area contributed by atoms with Gasteiger partial charge in [0.25, 0.3) is 5.91 Å². The number of amides is 2. The summed E-state index contributed by atoms with van der Waals surface area (Å²) in [6, 6.07) is 29.2. The lowest BCUT2D eigenvalue weighted by atomic mass is 9.90. The van der Waals surface area contributed by atoms with Gasteiger partial charge in [-0.15, -0.1) is 0 Å². The molecule has 4 aromatic carbocycles. The molecule has 0 saturated carbocycles. The van der Waals surface area contributed by atoms with E-state index in [1.807, 2.05) is 60.7 Å². The van der Waals surface area contributed by atoms with Crippen molar-refractivity contribution in [3.63, 3.8) is 0 Å². The Morgan fingerprint density at radius 3 is 1.82 bits per heavy atom. The maximum Gasteiger partial charge on any atom is 0.416 e. The first kappa shape index (κ1) is 26.6. The zero-order chi connectivity index (χ0) is 27.1. The lowest BCUT2D eigenvalue weighted by Crippen LogP contribution is -2.37. The van der Waals surface area contributed by atoms with Gasteiger partial charge in [-0.1, -0.05) is 72.8 Å². The van der Waals surface area contributed by atoms with Gasteiger partial charge in [0.1, 0.15) is 0 Å². The van der Waals surface area contributed by atoms with Gasteiger partial charge in [0.05, 0.1) is 11.5 Å². The minimum atomic E-state index is -4.52. The predicted molar refractivity (Wildman–Crippen MR) is 145 cm³/mol. The summed E-state index contributed by atoms with van der Waals surface area (Å²) in [6.07, 6.45) is -4.52. The highest BCUT2D eigenvalue weighted by Crippen LogP contribution is 2.31. The molecule has 0 aliphatic carbocycles. The number of carbonyl (C=O) groups is 2. The molecule has 38 heavy (non-hydrogen) atoms. The van der Waals surface area contributed by atoms with Crippen LogP contribution in [0, 0.1) is 0 Å². The number of halogens is 3. The van der Waals surface area contributed by atoms with Crippen LogP contribution in [0.1, 0.15) is 33.0 Å². The Bertz CT molecular complexity index is 1400. The lowest BCUT2D eigenvalue weighted by molar-refractivity contribution is -0.137. The molecule has 2 amide bonds. The van der Waals surface area contributed by atoms with Crippen LogP contribution in [0.15, 0.2) is 109 Å². The Morgan fingerprint density at radius 1 is 0.684 bits per heavy atom. The smallest absolute Gasteiger partial charge is 0.332 e. The fraction of sp³-hybridized carbons (Fsp3) is 0.0690. The largest absolute Gasteiger partial charge is 0.416 e. The van der Waals surface area contributed by atoms with Crippen LogP contribution in [0.3, 0.4) is 0 Å². The van der Waals surface area contributed by atoms with Crippen molar-refractivity contribution in [2.75, 3.05) is 10.6 Å². The van der Waals surface area contributed by atoms with Crippen LogP contribution in [0.25, 0.3) is 0 Å². The SMILES string of the molecule is O=C(Nc1cccc(C(F)(F)F)c1)c1cccc(NC(=S)NC(=O)C(c2ccccc2)c2ccccc2)c1. The monoisotopic (exact) mass is 533 g/mol. The van der Waals surface area contributed by atoms with Crippen LogP contribution in [0.4, 0.5) is 24.5 Å². The lowest BCUT2D eigenvalue weighted by Gasteiger charge is -2.19. The number of carbonyl (C=O) groups excluding carboxylic acids is 2. The van der Waals surface area contributed by atoms with Gasteiger partial charge in [0, 0.05) is 16.9 Å². The summed E-state index contributed by atoms with van der Waals surface area (Å²) in [6.45, 7) is 0. The highest BCUT2D eigenvalue weighted by molar-refractivity contribution is 7.80. The van der Waals surface area contributed by atoms with Crippen LogP contribution in [0.5, 0.6) is 0 Å². The number of alkyl halides is 3. The summed E-state index contributed by atoms with van der Waals surface area (Å²) < 4.78 is 38.9. The standard InChI is InChI=1S/C29H22F3N3O2S/c30-29(31,32)22-14-8-16-24(18-22)33-26(36)21-13-7-15-23(17-21)34-28(38)35-27(37)25(19-9-3-1-4-10-19)20-11-5-2-6-12-20/h1-18,25H,(H,33,36)(H2,34,35,37,38). The van der Waals surface area contributed by atoms with E-state index in [1.165, 1.54) is 24.3 Å². The topological polar surface area (TPSA) is 70.2 Å². The van der Waals surface area contributed by atoms with Crippen molar-refractivity contribution in [2.24, 2.45) is 0 Å². The maximum absolute atomic E-state index is 13.2. The molecule has 4 rings (SSSR count). The molecule has 9 heteroatoms. The van der Waals surface area contributed by atoms with Crippen LogP contribution in [0.2, 0.25) is 0 Å².